The van der Waals surface area contributed by atoms with Crippen molar-refractivity contribution in [3.05, 3.63) is 29.3 Å². The van der Waals surface area contributed by atoms with Gasteiger partial charge < -0.3 is 4.90 Å². The molecule has 1 aromatic carbocycles. The number of rotatable bonds is 3. The zero-order valence-corrected chi connectivity index (χ0v) is 14.6. The van der Waals surface area contributed by atoms with Crippen molar-refractivity contribution < 1.29 is 4.79 Å². The van der Waals surface area contributed by atoms with Gasteiger partial charge in [-0.25, -0.2) is 5.84 Å². The number of carbonyl (C=O) groups is 1. The van der Waals surface area contributed by atoms with E-state index < -0.39 is 0 Å². The molecule has 0 radical (unpaired) electrons. The molecule has 0 aromatic heterocycles. The first kappa shape index (κ1) is 16.8. The van der Waals surface area contributed by atoms with Crippen LogP contribution in [0, 0.1) is 12.8 Å². The Morgan fingerprint density at radius 3 is 2.59 bits per heavy atom. The molecule has 1 aliphatic rings. The van der Waals surface area contributed by atoms with Gasteiger partial charge in [0.25, 0.3) is 5.91 Å². The molecule has 22 heavy (non-hydrogen) atoms. The van der Waals surface area contributed by atoms with Crippen LogP contribution in [-0.4, -0.2) is 17.5 Å². The van der Waals surface area contributed by atoms with Gasteiger partial charge in [-0.3, -0.25) is 10.2 Å². The average Bonchev–Trinajstić information content (AvgIpc) is 2.42. The van der Waals surface area contributed by atoms with Crippen molar-refractivity contribution in [3.63, 3.8) is 0 Å². The predicted molar refractivity (Wildman–Crippen MR) is 91.7 cm³/mol. The molecular formula is C18H29N3O. The van der Waals surface area contributed by atoms with Crippen LogP contribution in [-0.2, 0) is 4.79 Å². The van der Waals surface area contributed by atoms with E-state index in [9.17, 15) is 4.79 Å². The van der Waals surface area contributed by atoms with Gasteiger partial charge in [0.2, 0.25) is 0 Å². The number of hydrazine groups is 1. The topological polar surface area (TPSA) is 58.4 Å². The molecule has 0 saturated carbocycles. The summed E-state index contributed by atoms with van der Waals surface area (Å²) in [6.07, 6.45) is 1.02. The lowest BCUT2D eigenvalue weighted by Gasteiger charge is -2.51. The number of carbonyl (C=O) groups excluding carboxylic acids is 1. The van der Waals surface area contributed by atoms with E-state index in [4.69, 9.17) is 5.84 Å². The molecule has 0 spiro atoms. The van der Waals surface area contributed by atoms with Crippen molar-refractivity contribution in [2.75, 3.05) is 4.90 Å². The first-order chi connectivity index (χ1) is 10.2. The Balaban J connectivity index is 2.61. The maximum Gasteiger partial charge on any atom is 0.256 e. The number of fused-ring (bicyclic) bond motifs is 1. The maximum atomic E-state index is 12.4. The van der Waals surface area contributed by atoms with Gasteiger partial charge in [0.15, 0.2) is 0 Å². The summed E-state index contributed by atoms with van der Waals surface area (Å²) in [4.78, 5) is 14.7. The number of hydrogen-bond acceptors (Lipinski definition) is 3. The molecule has 2 atom stereocenters. The summed E-state index contributed by atoms with van der Waals surface area (Å²) in [7, 11) is 0. The second-order valence-electron chi connectivity index (χ2n) is 7.55. The molecule has 2 rings (SSSR count). The van der Waals surface area contributed by atoms with Crippen LogP contribution in [0.2, 0.25) is 0 Å². The minimum absolute atomic E-state index is 0.0941. The SMILES string of the molecule is Cc1ccc2c(c1)[C@H](C)CC(C)(C)N2[C@H](C(=O)NN)C(C)C. The molecule has 4 heteroatoms. The third kappa shape index (κ3) is 2.84. The van der Waals surface area contributed by atoms with Crippen molar-refractivity contribution in [1.29, 1.82) is 0 Å². The second-order valence-corrected chi connectivity index (χ2v) is 7.55. The monoisotopic (exact) mass is 303 g/mol. The van der Waals surface area contributed by atoms with Crippen molar-refractivity contribution in [2.24, 2.45) is 11.8 Å². The summed E-state index contributed by atoms with van der Waals surface area (Å²) in [5.74, 6) is 5.98. The van der Waals surface area contributed by atoms with E-state index in [1.54, 1.807) is 0 Å². The Labute approximate surface area is 134 Å². The Bertz CT molecular complexity index is 565. The maximum absolute atomic E-state index is 12.4. The van der Waals surface area contributed by atoms with Gasteiger partial charge in [0, 0.05) is 11.2 Å². The zero-order valence-electron chi connectivity index (χ0n) is 14.6. The van der Waals surface area contributed by atoms with E-state index in [1.807, 2.05) is 0 Å². The van der Waals surface area contributed by atoms with Crippen LogP contribution >= 0.6 is 0 Å². The molecule has 1 aromatic rings. The molecule has 4 nitrogen and oxygen atoms in total. The summed E-state index contributed by atoms with van der Waals surface area (Å²) < 4.78 is 0. The minimum Gasteiger partial charge on any atom is -0.354 e. The Morgan fingerprint density at radius 2 is 2.05 bits per heavy atom. The Morgan fingerprint density at radius 1 is 1.41 bits per heavy atom. The van der Waals surface area contributed by atoms with Gasteiger partial charge in [-0.2, -0.15) is 0 Å². The van der Waals surface area contributed by atoms with E-state index >= 15 is 0 Å². The molecule has 122 valence electrons. The molecule has 0 saturated heterocycles. The minimum atomic E-state index is -0.269. The van der Waals surface area contributed by atoms with Gasteiger partial charge >= 0.3 is 0 Å². The first-order valence-electron chi connectivity index (χ1n) is 8.09. The molecular weight excluding hydrogens is 274 g/mol. The largest absolute Gasteiger partial charge is 0.354 e. The van der Waals surface area contributed by atoms with Crippen molar-refractivity contribution in [3.8, 4) is 0 Å². The van der Waals surface area contributed by atoms with Gasteiger partial charge in [-0.05, 0) is 50.7 Å². The molecule has 0 bridgehead atoms. The normalized spacial score (nSPS) is 21.5. The lowest BCUT2D eigenvalue weighted by atomic mass is 9.77. The molecule has 1 heterocycles. The van der Waals surface area contributed by atoms with Crippen LogP contribution < -0.4 is 16.2 Å². The number of nitrogens with two attached hydrogens (primary N) is 1. The highest BCUT2D eigenvalue weighted by Crippen LogP contribution is 2.45. The van der Waals surface area contributed by atoms with Gasteiger partial charge in [-0.1, -0.05) is 38.5 Å². The number of aryl methyl sites for hydroxylation is 1. The van der Waals surface area contributed by atoms with Crippen LogP contribution in [0.1, 0.15) is 58.1 Å². The summed E-state index contributed by atoms with van der Waals surface area (Å²) in [6.45, 7) is 13.0. The average molecular weight is 303 g/mol. The van der Waals surface area contributed by atoms with Gasteiger partial charge in [-0.15, -0.1) is 0 Å². The molecule has 3 N–H and O–H groups in total. The van der Waals surface area contributed by atoms with Gasteiger partial charge in [0.1, 0.15) is 6.04 Å². The zero-order chi connectivity index (χ0) is 16.7. The van der Waals surface area contributed by atoms with Crippen LogP contribution in [0.4, 0.5) is 5.69 Å². The third-order valence-electron chi connectivity index (χ3n) is 4.75. The summed E-state index contributed by atoms with van der Waals surface area (Å²) in [5.41, 5.74) is 6.01. The highest BCUT2D eigenvalue weighted by molar-refractivity contribution is 5.86. The molecule has 1 aliphatic heterocycles. The predicted octanol–water partition coefficient (Wildman–Crippen LogP) is 3.10. The molecule has 0 unspecified atom stereocenters. The van der Waals surface area contributed by atoms with E-state index in [2.05, 4.69) is 70.1 Å². The van der Waals surface area contributed by atoms with Crippen LogP contribution in [0.3, 0.4) is 0 Å². The lowest BCUT2D eigenvalue weighted by Crippen LogP contribution is -2.61. The number of anilines is 1. The van der Waals surface area contributed by atoms with Crippen molar-refractivity contribution >= 4 is 11.6 Å². The van der Waals surface area contributed by atoms with Crippen LogP contribution in [0.15, 0.2) is 18.2 Å². The standard InChI is InChI=1S/C18H29N3O/c1-11(2)16(17(22)20-19)21-15-8-7-12(3)9-14(15)13(4)10-18(21,5)6/h7-9,11,13,16H,10,19H2,1-6H3,(H,20,22)/t13-,16+/m1/s1. The number of nitrogens with one attached hydrogen (secondary N) is 1. The van der Waals surface area contributed by atoms with E-state index in [1.165, 1.54) is 11.1 Å². The highest BCUT2D eigenvalue weighted by Gasteiger charge is 2.43. The lowest BCUT2D eigenvalue weighted by molar-refractivity contribution is -0.123. The summed E-state index contributed by atoms with van der Waals surface area (Å²) >= 11 is 0. The third-order valence-corrected chi connectivity index (χ3v) is 4.75. The van der Waals surface area contributed by atoms with Crippen LogP contribution in [0.5, 0.6) is 0 Å². The Hall–Kier alpha value is -1.55. The number of amides is 1. The molecule has 1 amide bonds. The number of nitrogens with zero attached hydrogens (tertiary/aromatic N) is 1. The van der Waals surface area contributed by atoms with Gasteiger partial charge in [0.05, 0.1) is 0 Å². The van der Waals surface area contributed by atoms with Crippen molar-refractivity contribution in [2.45, 2.75) is 65.5 Å². The Kier molecular flexibility index (Phi) is 4.52. The molecule has 0 fully saturated rings. The first-order valence-corrected chi connectivity index (χ1v) is 8.09. The molecule has 0 aliphatic carbocycles. The quantitative estimate of drug-likeness (QED) is 0.512. The number of benzene rings is 1. The fraction of sp³-hybridized carbons (Fsp3) is 0.611. The van der Waals surface area contributed by atoms with Crippen molar-refractivity contribution in [1.82, 2.24) is 5.43 Å². The highest BCUT2D eigenvalue weighted by atomic mass is 16.2. The summed E-state index contributed by atoms with van der Waals surface area (Å²) in [6, 6.07) is 6.26. The number of hydrogen-bond donors (Lipinski definition) is 2. The second kappa shape index (κ2) is 5.92. The van der Waals surface area contributed by atoms with E-state index in [0.717, 1.165) is 12.1 Å². The fourth-order valence-electron chi connectivity index (χ4n) is 3.90. The smallest absolute Gasteiger partial charge is 0.256 e. The summed E-state index contributed by atoms with van der Waals surface area (Å²) in [5, 5.41) is 0. The van der Waals surface area contributed by atoms with E-state index in [0.29, 0.717) is 5.92 Å². The fourth-order valence-corrected chi connectivity index (χ4v) is 3.90. The van der Waals surface area contributed by atoms with E-state index in [-0.39, 0.29) is 23.4 Å². The van der Waals surface area contributed by atoms with Crippen LogP contribution in [0.25, 0.3) is 0 Å².